The van der Waals surface area contributed by atoms with Crippen molar-refractivity contribution in [2.75, 3.05) is 18.1 Å². The monoisotopic (exact) mass is 323 g/mol. The Morgan fingerprint density at radius 1 is 1.41 bits per heavy atom. The Bertz CT molecular complexity index is 640. The number of aromatic nitrogens is 2. The summed E-state index contributed by atoms with van der Waals surface area (Å²) in [4.78, 5) is 2.00. The van der Waals surface area contributed by atoms with Crippen LogP contribution in [-0.4, -0.2) is 29.0 Å². The average Bonchev–Trinajstić information content (AvgIpc) is 3.01. The van der Waals surface area contributed by atoms with Crippen molar-refractivity contribution < 1.29 is 9.13 Å². The molecule has 1 aromatic carbocycles. The minimum Gasteiger partial charge on any atom is -0.381 e. The lowest BCUT2D eigenvalue weighted by Gasteiger charge is -2.35. The predicted molar refractivity (Wildman–Crippen MR) is 85.3 cm³/mol. The van der Waals surface area contributed by atoms with Gasteiger partial charge in [-0.25, -0.2) is 4.39 Å². The van der Waals surface area contributed by atoms with Gasteiger partial charge in [0.25, 0.3) is 0 Å². The Kier molecular flexibility index (Phi) is 4.64. The van der Waals surface area contributed by atoms with Crippen LogP contribution in [0.2, 0.25) is 5.02 Å². The zero-order valence-corrected chi connectivity index (χ0v) is 13.3. The first kappa shape index (κ1) is 15.3. The largest absolute Gasteiger partial charge is 0.381 e. The summed E-state index contributed by atoms with van der Waals surface area (Å²) in [6.07, 6.45) is 5.42. The van der Waals surface area contributed by atoms with Crippen LogP contribution in [0.4, 0.5) is 15.8 Å². The lowest BCUT2D eigenvalue weighted by molar-refractivity contribution is 0.0864. The lowest BCUT2D eigenvalue weighted by Crippen LogP contribution is -2.36. The van der Waals surface area contributed by atoms with Crippen LogP contribution in [0.1, 0.15) is 19.8 Å². The fourth-order valence-corrected chi connectivity index (χ4v) is 2.99. The standard InChI is InChI=1S/C16H19ClFN3O/c1-2-20-11-13(10-19-20)21(12-6-8-22-9-7-12)15-5-3-4-14(17)16(15)18/h3-5,10-12H,2,6-9H2,1H3. The van der Waals surface area contributed by atoms with Gasteiger partial charge >= 0.3 is 0 Å². The fraction of sp³-hybridized carbons (Fsp3) is 0.438. The third-order valence-electron chi connectivity index (χ3n) is 3.97. The second-order valence-corrected chi connectivity index (χ2v) is 5.75. The van der Waals surface area contributed by atoms with Gasteiger partial charge in [-0.2, -0.15) is 5.10 Å². The molecule has 3 rings (SSSR count). The summed E-state index contributed by atoms with van der Waals surface area (Å²) in [5, 5.41) is 4.45. The van der Waals surface area contributed by atoms with Gasteiger partial charge in [-0.3, -0.25) is 4.68 Å². The van der Waals surface area contributed by atoms with Crippen LogP contribution < -0.4 is 4.90 Å². The molecule has 6 heteroatoms. The molecule has 1 aliphatic heterocycles. The quantitative estimate of drug-likeness (QED) is 0.851. The van der Waals surface area contributed by atoms with E-state index in [0.717, 1.165) is 25.1 Å². The topological polar surface area (TPSA) is 30.3 Å². The summed E-state index contributed by atoms with van der Waals surface area (Å²) in [5.41, 5.74) is 1.38. The molecule has 4 nitrogen and oxygen atoms in total. The van der Waals surface area contributed by atoms with Gasteiger partial charge in [-0.05, 0) is 31.9 Å². The van der Waals surface area contributed by atoms with Gasteiger partial charge < -0.3 is 9.64 Å². The number of nitrogens with zero attached hydrogens (tertiary/aromatic N) is 3. The van der Waals surface area contributed by atoms with Crippen LogP contribution >= 0.6 is 11.6 Å². The minimum absolute atomic E-state index is 0.137. The van der Waals surface area contributed by atoms with Gasteiger partial charge in [-0.15, -0.1) is 0 Å². The maximum absolute atomic E-state index is 14.5. The molecule has 2 aromatic rings. The molecule has 2 heterocycles. The summed E-state index contributed by atoms with van der Waals surface area (Å²) in [6.45, 7) is 4.17. The van der Waals surface area contributed by atoms with E-state index in [1.165, 1.54) is 0 Å². The SMILES string of the molecule is CCn1cc(N(c2cccc(Cl)c2F)C2CCOCC2)cn1. The highest BCUT2D eigenvalue weighted by molar-refractivity contribution is 6.31. The highest BCUT2D eigenvalue weighted by Gasteiger charge is 2.27. The number of hydrogen-bond acceptors (Lipinski definition) is 3. The van der Waals surface area contributed by atoms with E-state index in [0.29, 0.717) is 18.9 Å². The molecule has 118 valence electrons. The van der Waals surface area contributed by atoms with Crippen molar-refractivity contribution in [3.63, 3.8) is 0 Å². The Hall–Kier alpha value is -1.59. The number of halogens is 2. The summed E-state index contributed by atoms with van der Waals surface area (Å²) < 4.78 is 21.8. The van der Waals surface area contributed by atoms with E-state index in [4.69, 9.17) is 16.3 Å². The number of hydrogen-bond donors (Lipinski definition) is 0. The first-order valence-electron chi connectivity index (χ1n) is 7.54. The van der Waals surface area contributed by atoms with Gasteiger partial charge in [0.05, 0.1) is 22.6 Å². The molecule has 0 bridgehead atoms. The van der Waals surface area contributed by atoms with Gasteiger partial charge in [0, 0.05) is 32.0 Å². The van der Waals surface area contributed by atoms with Crippen molar-refractivity contribution in [1.82, 2.24) is 9.78 Å². The molecule has 1 fully saturated rings. The normalized spacial score (nSPS) is 16.0. The molecule has 0 saturated carbocycles. The fourth-order valence-electron chi connectivity index (χ4n) is 2.82. The van der Waals surface area contributed by atoms with E-state index in [2.05, 4.69) is 5.10 Å². The number of benzene rings is 1. The third-order valence-corrected chi connectivity index (χ3v) is 4.26. The Labute approximate surface area is 134 Å². The predicted octanol–water partition coefficient (Wildman–Crippen LogP) is 4.01. The minimum atomic E-state index is -0.389. The van der Waals surface area contributed by atoms with E-state index in [1.807, 2.05) is 22.7 Å². The summed E-state index contributed by atoms with van der Waals surface area (Å²) >= 11 is 5.97. The van der Waals surface area contributed by atoms with Crippen LogP contribution in [-0.2, 0) is 11.3 Å². The zero-order chi connectivity index (χ0) is 15.5. The molecule has 0 unspecified atom stereocenters. The van der Waals surface area contributed by atoms with Crippen LogP contribution in [0.3, 0.4) is 0 Å². The summed E-state index contributed by atoms with van der Waals surface area (Å²) in [7, 11) is 0. The van der Waals surface area contributed by atoms with Crippen LogP contribution in [0.5, 0.6) is 0 Å². The summed E-state index contributed by atoms with van der Waals surface area (Å²) in [5.74, 6) is -0.389. The highest BCUT2D eigenvalue weighted by atomic mass is 35.5. The van der Waals surface area contributed by atoms with Crippen molar-refractivity contribution in [3.8, 4) is 0 Å². The maximum atomic E-state index is 14.5. The van der Waals surface area contributed by atoms with Crippen molar-refractivity contribution >= 4 is 23.0 Å². The van der Waals surface area contributed by atoms with Gasteiger partial charge in [0.2, 0.25) is 0 Å². The number of anilines is 2. The number of aryl methyl sites for hydroxylation is 1. The van der Waals surface area contributed by atoms with E-state index in [1.54, 1.807) is 24.4 Å². The zero-order valence-electron chi connectivity index (χ0n) is 12.5. The molecule has 0 aliphatic carbocycles. The summed E-state index contributed by atoms with van der Waals surface area (Å²) in [6, 6.07) is 5.28. The van der Waals surface area contributed by atoms with Crippen LogP contribution in [0.25, 0.3) is 0 Å². The first-order chi connectivity index (χ1) is 10.7. The first-order valence-corrected chi connectivity index (χ1v) is 7.92. The molecule has 1 aliphatic rings. The van der Waals surface area contributed by atoms with E-state index < -0.39 is 0 Å². The number of ether oxygens (including phenoxy) is 1. The lowest BCUT2D eigenvalue weighted by atomic mass is 10.1. The van der Waals surface area contributed by atoms with E-state index in [-0.39, 0.29) is 16.9 Å². The second kappa shape index (κ2) is 6.67. The van der Waals surface area contributed by atoms with Crippen molar-refractivity contribution in [2.45, 2.75) is 32.4 Å². The van der Waals surface area contributed by atoms with Crippen molar-refractivity contribution in [3.05, 3.63) is 41.4 Å². The van der Waals surface area contributed by atoms with Crippen LogP contribution in [0, 0.1) is 5.82 Å². The second-order valence-electron chi connectivity index (χ2n) is 5.34. The van der Waals surface area contributed by atoms with Gasteiger partial charge in [-0.1, -0.05) is 17.7 Å². The molecule has 0 radical (unpaired) electrons. The van der Waals surface area contributed by atoms with E-state index in [9.17, 15) is 4.39 Å². The molecule has 1 aromatic heterocycles. The molecular weight excluding hydrogens is 305 g/mol. The maximum Gasteiger partial charge on any atom is 0.165 e. The molecular formula is C16H19ClFN3O. The number of rotatable bonds is 4. The Morgan fingerprint density at radius 2 is 2.18 bits per heavy atom. The van der Waals surface area contributed by atoms with Crippen molar-refractivity contribution in [2.24, 2.45) is 0 Å². The molecule has 1 saturated heterocycles. The smallest absolute Gasteiger partial charge is 0.165 e. The molecule has 22 heavy (non-hydrogen) atoms. The van der Waals surface area contributed by atoms with E-state index >= 15 is 0 Å². The molecule has 0 amide bonds. The molecule has 0 N–H and O–H groups in total. The Morgan fingerprint density at radius 3 is 2.86 bits per heavy atom. The average molecular weight is 324 g/mol. The van der Waals surface area contributed by atoms with Crippen molar-refractivity contribution in [1.29, 1.82) is 0 Å². The van der Waals surface area contributed by atoms with Crippen LogP contribution in [0.15, 0.2) is 30.6 Å². The van der Waals surface area contributed by atoms with Gasteiger partial charge in [0.15, 0.2) is 5.82 Å². The molecule has 0 atom stereocenters. The molecule has 0 spiro atoms. The van der Waals surface area contributed by atoms with Gasteiger partial charge in [0.1, 0.15) is 0 Å². The highest BCUT2D eigenvalue weighted by Crippen LogP contribution is 2.35. The third kappa shape index (κ3) is 2.96. The Balaban J connectivity index is 2.03.